The lowest BCUT2D eigenvalue weighted by Crippen LogP contribution is -2.44. The van der Waals surface area contributed by atoms with Gasteiger partial charge in [0, 0.05) is 24.5 Å². The molecule has 1 unspecified atom stereocenters. The van der Waals surface area contributed by atoms with Gasteiger partial charge < -0.3 is 4.74 Å². The second-order valence-corrected chi connectivity index (χ2v) is 8.76. The second kappa shape index (κ2) is 9.90. The van der Waals surface area contributed by atoms with Crippen molar-refractivity contribution in [1.29, 1.82) is 0 Å². The lowest BCUT2D eigenvalue weighted by atomic mass is 10.1. The van der Waals surface area contributed by atoms with Crippen LogP contribution in [0.5, 0.6) is 0 Å². The van der Waals surface area contributed by atoms with Crippen LogP contribution in [-0.2, 0) is 17.5 Å². The van der Waals surface area contributed by atoms with Crippen molar-refractivity contribution in [2.45, 2.75) is 29.0 Å². The van der Waals surface area contributed by atoms with Crippen molar-refractivity contribution in [3.63, 3.8) is 0 Å². The summed E-state index contributed by atoms with van der Waals surface area (Å²) < 4.78 is 46.9. The highest BCUT2D eigenvalue weighted by atomic mass is 32.2. The molecule has 2 nitrogen and oxygen atoms in total. The number of benzene rings is 3. The Hall–Kier alpha value is -2.28. The largest absolute Gasteiger partial charge is 0.417 e. The maximum absolute atomic E-state index is 13.6. The quantitative estimate of drug-likeness (QED) is 0.407. The zero-order chi connectivity index (χ0) is 21.7. The number of alkyl halides is 3. The van der Waals surface area contributed by atoms with Crippen LogP contribution >= 0.6 is 11.8 Å². The van der Waals surface area contributed by atoms with E-state index in [1.807, 2.05) is 48.5 Å². The van der Waals surface area contributed by atoms with Crippen molar-refractivity contribution < 1.29 is 17.9 Å². The molecule has 0 saturated carbocycles. The highest BCUT2D eigenvalue weighted by Crippen LogP contribution is 2.45. The number of morpholine rings is 1. The van der Waals surface area contributed by atoms with Crippen molar-refractivity contribution in [3.8, 4) is 0 Å². The number of halogens is 3. The fourth-order valence-electron chi connectivity index (χ4n) is 3.84. The first kappa shape index (κ1) is 21.9. The molecule has 0 radical (unpaired) electrons. The van der Waals surface area contributed by atoms with Crippen LogP contribution in [0.25, 0.3) is 0 Å². The van der Waals surface area contributed by atoms with E-state index >= 15 is 0 Å². The van der Waals surface area contributed by atoms with Crippen LogP contribution in [0.2, 0.25) is 0 Å². The van der Waals surface area contributed by atoms with Gasteiger partial charge in [-0.1, -0.05) is 72.8 Å². The zero-order valence-electron chi connectivity index (χ0n) is 17.0. The molecular weight excluding hydrogens is 419 g/mol. The van der Waals surface area contributed by atoms with E-state index in [0.29, 0.717) is 13.2 Å². The smallest absolute Gasteiger partial charge is 0.374 e. The minimum absolute atomic E-state index is 0.217. The standard InChI is InChI=1S/C25H24F3NOS/c26-25(27,28)21-13-7-8-14-23(21)31-24(20-11-5-2-6-12-20)22-18-29(15-16-30-22)17-19-9-3-1-4-10-19/h1-14,22,24H,15-18H2/t22-,24?/m0/s1. The Bertz CT molecular complexity index is 965. The molecule has 1 aliphatic rings. The first-order chi connectivity index (χ1) is 15.0. The van der Waals surface area contributed by atoms with E-state index in [2.05, 4.69) is 17.0 Å². The lowest BCUT2D eigenvalue weighted by Gasteiger charge is -2.37. The topological polar surface area (TPSA) is 12.5 Å². The van der Waals surface area contributed by atoms with Gasteiger partial charge in [-0.2, -0.15) is 13.2 Å². The summed E-state index contributed by atoms with van der Waals surface area (Å²) in [4.78, 5) is 2.54. The molecule has 6 heteroatoms. The van der Waals surface area contributed by atoms with Gasteiger partial charge in [0.1, 0.15) is 0 Å². The van der Waals surface area contributed by atoms with E-state index < -0.39 is 11.7 Å². The first-order valence-electron chi connectivity index (χ1n) is 10.3. The molecule has 0 aliphatic carbocycles. The third-order valence-corrected chi connectivity index (χ3v) is 6.78. The van der Waals surface area contributed by atoms with Gasteiger partial charge in [0.15, 0.2) is 0 Å². The van der Waals surface area contributed by atoms with E-state index in [-0.39, 0.29) is 16.2 Å². The summed E-state index contributed by atoms with van der Waals surface area (Å²) in [7, 11) is 0. The Kier molecular flexibility index (Phi) is 7.00. The predicted molar refractivity (Wildman–Crippen MR) is 118 cm³/mol. The van der Waals surface area contributed by atoms with E-state index in [4.69, 9.17) is 4.74 Å². The summed E-state index contributed by atoms with van der Waals surface area (Å²) in [6.45, 7) is 2.82. The van der Waals surface area contributed by atoms with Gasteiger partial charge in [0.05, 0.1) is 23.5 Å². The van der Waals surface area contributed by atoms with E-state index in [1.54, 1.807) is 12.1 Å². The van der Waals surface area contributed by atoms with Crippen LogP contribution < -0.4 is 0 Å². The fourth-order valence-corrected chi connectivity index (χ4v) is 5.19. The Labute approximate surface area is 185 Å². The maximum Gasteiger partial charge on any atom is 0.417 e. The van der Waals surface area contributed by atoms with Crippen molar-refractivity contribution in [2.24, 2.45) is 0 Å². The molecular formula is C25H24F3NOS. The summed E-state index contributed by atoms with van der Waals surface area (Å²) in [6.07, 6.45) is -4.61. The molecule has 31 heavy (non-hydrogen) atoms. The van der Waals surface area contributed by atoms with Crippen LogP contribution in [0.3, 0.4) is 0 Å². The Morgan fingerprint density at radius 1 is 0.903 bits per heavy atom. The molecule has 0 N–H and O–H groups in total. The average molecular weight is 444 g/mol. The number of hydrogen-bond donors (Lipinski definition) is 0. The lowest BCUT2D eigenvalue weighted by molar-refractivity contribution is -0.139. The molecule has 1 fully saturated rings. The Morgan fingerprint density at radius 2 is 1.55 bits per heavy atom. The monoisotopic (exact) mass is 443 g/mol. The van der Waals surface area contributed by atoms with Crippen LogP contribution in [-0.4, -0.2) is 30.7 Å². The molecule has 0 bridgehead atoms. The molecule has 1 aliphatic heterocycles. The summed E-state index contributed by atoms with van der Waals surface area (Å²) in [5.41, 5.74) is 1.59. The van der Waals surface area contributed by atoms with Gasteiger partial charge >= 0.3 is 6.18 Å². The summed E-state index contributed by atoms with van der Waals surface area (Å²) in [5, 5.41) is -0.247. The Balaban J connectivity index is 1.59. The summed E-state index contributed by atoms with van der Waals surface area (Å²) >= 11 is 1.24. The third-order valence-electron chi connectivity index (χ3n) is 5.34. The number of ether oxygens (including phenoxy) is 1. The minimum atomic E-state index is -4.39. The molecule has 3 aromatic rings. The van der Waals surface area contributed by atoms with Crippen LogP contribution in [0.15, 0.2) is 89.8 Å². The summed E-state index contributed by atoms with van der Waals surface area (Å²) in [5.74, 6) is 0. The van der Waals surface area contributed by atoms with E-state index in [0.717, 1.165) is 24.7 Å². The minimum Gasteiger partial charge on any atom is -0.374 e. The van der Waals surface area contributed by atoms with Crippen molar-refractivity contribution in [3.05, 3.63) is 102 Å². The van der Waals surface area contributed by atoms with Gasteiger partial charge in [-0.25, -0.2) is 0 Å². The normalized spacial score (nSPS) is 18.6. The van der Waals surface area contributed by atoms with Gasteiger partial charge in [0.25, 0.3) is 0 Å². The number of thioether (sulfide) groups is 1. The number of nitrogens with zero attached hydrogens (tertiary/aromatic N) is 1. The molecule has 2 atom stereocenters. The van der Waals surface area contributed by atoms with Gasteiger partial charge in [0.2, 0.25) is 0 Å². The summed E-state index contributed by atoms with van der Waals surface area (Å²) in [6, 6.07) is 25.7. The van der Waals surface area contributed by atoms with Gasteiger partial charge in [-0.3, -0.25) is 4.90 Å². The average Bonchev–Trinajstić information content (AvgIpc) is 2.78. The highest BCUT2D eigenvalue weighted by molar-refractivity contribution is 7.99. The van der Waals surface area contributed by atoms with Crippen LogP contribution in [0.4, 0.5) is 13.2 Å². The predicted octanol–water partition coefficient (Wildman–Crippen LogP) is 6.44. The zero-order valence-corrected chi connectivity index (χ0v) is 17.8. The van der Waals surface area contributed by atoms with Crippen molar-refractivity contribution in [1.82, 2.24) is 4.90 Å². The molecule has 3 aromatic carbocycles. The van der Waals surface area contributed by atoms with Crippen molar-refractivity contribution in [2.75, 3.05) is 19.7 Å². The molecule has 0 amide bonds. The maximum atomic E-state index is 13.6. The first-order valence-corrected chi connectivity index (χ1v) is 11.1. The Morgan fingerprint density at radius 3 is 2.26 bits per heavy atom. The molecule has 1 heterocycles. The van der Waals surface area contributed by atoms with Crippen LogP contribution in [0, 0.1) is 0 Å². The number of rotatable bonds is 6. The SMILES string of the molecule is FC(F)(F)c1ccccc1SC(c1ccccc1)[C@@H]1CN(Cc2ccccc2)CCO1. The van der Waals surface area contributed by atoms with Crippen LogP contribution in [0.1, 0.15) is 21.9 Å². The van der Waals surface area contributed by atoms with Gasteiger partial charge in [-0.15, -0.1) is 11.8 Å². The fraction of sp³-hybridized carbons (Fsp3) is 0.280. The highest BCUT2D eigenvalue weighted by Gasteiger charge is 2.36. The van der Waals surface area contributed by atoms with Crippen molar-refractivity contribution >= 4 is 11.8 Å². The molecule has 0 spiro atoms. The molecule has 1 saturated heterocycles. The molecule has 0 aromatic heterocycles. The molecule has 4 rings (SSSR count). The third kappa shape index (κ3) is 5.70. The molecule has 162 valence electrons. The van der Waals surface area contributed by atoms with Gasteiger partial charge in [-0.05, 0) is 23.3 Å². The van der Waals surface area contributed by atoms with E-state index in [1.165, 1.54) is 23.4 Å². The second-order valence-electron chi connectivity index (χ2n) is 7.57. The van der Waals surface area contributed by atoms with E-state index in [9.17, 15) is 13.2 Å². The number of hydrogen-bond acceptors (Lipinski definition) is 3.